The summed E-state index contributed by atoms with van der Waals surface area (Å²) in [5.74, 6) is -0.710. The van der Waals surface area contributed by atoms with Crippen molar-refractivity contribution in [2.75, 3.05) is 5.88 Å². The van der Waals surface area contributed by atoms with Gasteiger partial charge in [-0.05, 0) is 56.1 Å². The Hall–Kier alpha value is -1.01. The molecule has 28 heavy (non-hydrogen) atoms. The predicted molar refractivity (Wildman–Crippen MR) is 105 cm³/mol. The molecule has 0 amide bonds. The molecule has 4 aliphatic rings. The van der Waals surface area contributed by atoms with Gasteiger partial charge < -0.3 is 15.3 Å². The number of hydrogen-bond acceptors (Lipinski definition) is 5. The standard InChI is InChI=1S/C22H29ClO5/c1-20-7-5-13(24)9-12(20)3-4-14-15-6-8-22(28,19(27)17(26)11-23)21(15,2)10-16(25)18(14)20/h5,7,9,14-18,25-26,28H,3-4,6,8,10-11H2,1-2H3/t14-,15-,16-,17?,18+,20-,21-,22-/m0/s1. The lowest BCUT2D eigenvalue weighted by Crippen LogP contribution is -2.62. The number of ketones is 2. The molecule has 6 heteroatoms. The number of fused-ring (bicyclic) bond motifs is 5. The summed E-state index contributed by atoms with van der Waals surface area (Å²) in [5, 5.41) is 32.7. The van der Waals surface area contributed by atoms with E-state index in [0.29, 0.717) is 12.8 Å². The first-order chi connectivity index (χ1) is 13.1. The maximum Gasteiger partial charge on any atom is 0.194 e. The third-order valence-corrected chi connectivity index (χ3v) is 8.80. The highest BCUT2D eigenvalue weighted by Gasteiger charge is 2.68. The quantitative estimate of drug-likeness (QED) is 0.622. The number of hydrogen-bond donors (Lipinski definition) is 3. The van der Waals surface area contributed by atoms with E-state index in [9.17, 15) is 24.9 Å². The molecule has 4 rings (SSSR count). The van der Waals surface area contributed by atoms with Gasteiger partial charge in [0.1, 0.15) is 11.7 Å². The van der Waals surface area contributed by atoms with Crippen molar-refractivity contribution in [2.24, 2.45) is 28.6 Å². The van der Waals surface area contributed by atoms with Crippen molar-refractivity contribution in [1.29, 1.82) is 0 Å². The SMILES string of the molecule is C[C@]12C=CC(=O)C=C1CC[C@@H]1[C@@H]2[C@@H](O)C[C@@]2(C)[C@H]1CC[C@]2(O)C(=O)C(O)CCl. The second-order valence-electron chi connectivity index (χ2n) is 9.65. The minimum atomic E-state index is -1.67. The minimum Gasteiger partial charge on any atom is -0.393 e. The van der Waals surface area contributed by atoms with E-state index in [2.05, 4.69) is 6.92 Å². The molecule has 4 aliphatic carbocycles. The molecule has 0 aliphatic heterocycles. The van der Waals surface area contributed by atoms with E-state index in [1.807, 2.05) is 13.0 Å². The lowest BCUT2D eigenvalue weighted by atomic mass is 9.46. The second kappa shape index (κ2) is 6.49. The average Bonchev–Trinajstić information content (AvgIpc) is 2.92. The lowest BCUT2D eigenvalue weighted by Gasteiger charge is -2.59. The highest BCUT2D eigenvalue weighted by molar-refractivity contribution is 6.20. The Labute approximate surface area is 170 Å². The Morgan fingerprint density at radius 1 is 1.36 bits per heavy atom. The summed E-state index contributed by atoms with van der Waals surface area (Å²) in [5.41, 5.74) is -1.78. The van der Waals surface area contributed by atoms with Crippen LogP contribution in [-0.2, 0) is 9.59 Å². The molecular weight excluding hydrogens is 380 g/mol. The number of rotatable bonds is 3. The fraction of sp³-hybridized carbons (Fsp3) is 0.727. The number of halogens is 1. The number of aliphatic hydroxyl groups is 3. The zero-order valence-electron chi connectivity index (χ0n) is 16.4. The molecule has 5 nitrogen and oxygen atoms in total. The van der Waals surface area contributed by atoms with Crippen LogP contribution >= 0.6 is 11.6 Å². The van der Waals surface area contributed by atoms with Gasteiger partial charge >= 0.3 is 0 Å². The lowest BCUT2D eigenvalue weighted by molar-refractivity contribution is -0.181. The summed E-state index contributed by atoms with van der Waals surface area (Å²) in [6.45, 7) is 3.98. The molecule has 0 bridgehead atoms. The first-order valence-electron chi connectivity index (χ1n) is 10.2. The molecule has 8 atom stereocenters. The zero-order chi connectivity index (χ0) is 20.5. The van der Waals surface area contributed by atoms with Crippen molar-refractivity contribution in [3.63, 3.8) is 0 Å². The third kappa shape index (κ3) is 2.49. The van der Waals surface area contributed by atoms with Gasteiger partial charge in [-0.15, -0.1) is 11.6 Å². The smallest absolute Gasteiger partial charge is 0.194 e. The average molecular weight is 409 g/mol. The highest BCUT2D eigenvalue weighted by atomic mass is 35.5. The molecule has 0 aromatic heterocycles. The van der Waals surface area contributed by atoms with E-state index in [-0.39, 0.29) is 41.3 Å². The van der Waals surface area contributed by atoms with Gasteiger partial charge in [0, 0.05) is 16.7 Å². The maximum atomic E-state index is 12.8. The minimum absolute atomic E-state index is 0.00281. The highest BCUT2D eigenvalue weighted by Crippen LogP contribution is 2.67. The summed E-state index contributed by atoms with van der Waals surface area (Å²) in [7, 11) is 0. The fourth-order valence-corrected chi connectivity index (χ4v) is 7.22. The molecule has 1 unspecified atom stereocenters. The Balaban J connectivity index is 1.72. The van der Waals surface area contributed by atoms with Crippen LogP contribution in [0.2, 0.25) is 0 Å². The molecule has 3 fully saturated rings. The number of alkyl halides is 1. The number of aliphatic hydroxyl groups excluding tert-OH is 2. The van der Waals surface area contributed by atoms with Crippen LogP contribution in [0.4, 0.5) is 0 Å². The molecule has 3 N–H and O–H groups in total. The summed E-state index contributed by atoms with van der Waals surface area (Å²) >= 11 is 5.68. The first-order valence-corrected chi connectivity index (χ1v) is 10.7. The van der Waals surface area contributed by atoms with Gasteiger partial charge in [0.2, 0.25) is 0 Å². The van der Waals surface area contributed by atoms with Crippen molar-refractivity contribution in [3.8, 4) is 0 Å². The van der Waals surface area contributed by atoms with Gasteiger partial charge in [-0.1, -0.05) is 25.5 Å². The molecule has 0 aromatic rings. The van der Waals surface area contributed by atoms with Crippen LogP contribution in [0.5, 0.6) is 0 Å². The number of Topliss-reactive ketones (excluding diaryl/α,β-unsaturated/α-hetero) is 1. The topological polar surface area (TPSA) is 94.8 Å². The van der Waals surface area contributed by atoms with E-state index in [1.165, 1.54) is 0 Å². The largest absolute Gasteiger partial charge is 0.393 e. The van der Waals surface area contributed by atoms with Crippen LogP contribution in [0.1, 0.15) is 46.0 Å². The van der Waals surface area contributed by atoms with Gasteiger partial charge in [0.25, 0.3) is 0 Å². The Kier molecular flexibility index (Phi) is 4.70. The Morgan fingerprint density at radius 2 is 2.07 bits per heavy atom. The predicted octanol–water partition coefficient (Wildman–Crippen LogP) is 2.17. The number of carbonyl (C=O) groups is 2. The van der Waals surface area contributed by atoms with Crippen molar-refractivity contribution >= 4 is 23.2 Å². The van der Waals surface area contributed by atoms with Gasteiger partial charge in [-0.25, -0.2) is 0 Å². The van der Waals surface area contributed by atoms with Crippen LogP contribution < -0.4 is 0 Å². The number of carbonyl (C=O) groups excluding carboxylic acids is 2. The zero-order valence-corrected chi connectivity index (χ0v) is 17.2. The molecule has 0 aromatic carbocycles. The van der Waals surface area contributed by atoms with Crippen molar-refractivity contribution in [2.45, 2.75) is 63.8 Å². The molecule has 3 saturated carbocycles. The van der Waals surface area contributed by atoms with E-state index < -0.39 is 29.0 Å². The van der Waals surface area contributed by atoms with Crippen LogP contribution in [-0.4, -0.2) is 50.6 Å². The molecular formula is C22H29ClO5. The van der Waals surface area contributed by atoms with Crippen LogP contribution in [0.3, 0.4) is 0 Å². The summed E-state index contributed by atoms with van der Waals surface area (Å²) in [4.78, 5) is 24.7. The molecule has 0 saturated heterocycles. The molecule has 0 spiro atoms. The second-order valence-corrected chi connectivity index (χ2v) is 9.95. The van der Waals surface area contributed by atoms with Crippen LogP contribution in [0.15, 0.2) is 23.8 Å². The van der Waals surface area contributed by atoms with Crippen molar-refractivity contribution in [3.05, 3.63) is 23.8 Å². The summed E-state index contributed by atoms with van der Waals surface area (Å²) in [6.07, 6.45) is 6.00. The molecule has 0 heterocycles. The fourth-order valence-electron chi connectivity index (χ4n) is 7.08. The van der Waals surface area contributed by atoms with Gasteiger partial charge in [0.15, 0.2) is 11.6 Å². The van der Waals surface area contributed by atoms with E-state index in [0.717, 1.165) is 18.4 Å². The first kappa shape index (κ1) is 20.3. The maximum absolute atomic E-state index is 12.8. The molecule has 0 radical (unpaired) electrons. The Bertz CT molecular complexity index is 775. The van der Waals surface area contributed by atoms with Crippen molar-refractivity contribution in [1.82, 2.24) is 0 Å². The van der Waals surface area contributed by atoms with E-state index >= 15 is 0 Å². The van der Waals surface area contributed by atoms with E-state index in [1.54, 1.807) is 12.2 Å². The van der Waals surface area contributed by atoms with E-state index in [4.69, 9.17) is 11.6 Å². The number of allylic oxidation sites excluding steroid dienone is 4. The van der Waals surface area contributed by atoms with Gasteiger partial charge in [-0.3, -0.25) is 9.59 Å². The third-order valence-electron chi connectivity index (χ3n) is 8.50. The summed E-state index contributed by atoms with van der Waals surface area (Å²) < 4.78 is 0. The van der Waals surface area contributed by atoms with Gasteiger partial charge in [0.05, 0.1) is 12.0 Å². The monoisotopic (exact) mass is 408 g/mol. The van der Waals surface area contributed by atoms with Crippen molar-refractivity contribution < 1.29 is 24.9 Å². The van der Waals surface area contributed by atoms with Crippen LogP contribution in [0, 0.1) is 28.6 Å². The normalized spacial score (nSPS) is 48.4. The Morgan fingerprint density at radius 3 is 2.75 bits per heavy atom. The van der Waals surface area contributed by atoms with Gasteiger partial charge in [-0.2, -0.15) is 0 Å². The molecule has 154 valence electrons. The summed E-state index contributed by atoms with van der Waals surface area (Å²) in [6, 6.07) is 0. The van der Waals surface area contributed by atoms with Crippen LogP contribution in [0.25, 0.3) is 0 Å².